The number of rotatable bonds is 4. The van der Waals surface area contributed by atoms with Gasteiger partial charge in [-0.3, -0.25) is 9.59 Å². The van der Waals surface area contributed by atoms with Crippen LogP contribution in [0.4, 0.5) is 0 Å². The summed E-state index contributed by atoms with van der Waals surface area (Å²) < 4.78 is 4.55. The fraction of sp³-hybridized carbons (Fsp3) is 0.333. The topological polar surface area (TPSA) is 72.6 Å². The molecule has 0 aliphatic rings. The Labute approximate surface area is 118 Å². The van der Waals surface area contributed by atoms with Crippen molar-refractivity contribution < 1.29 is 14.3 Å². The molecule has 0 fully saturated rings. The average Bonchev–Trinajstić information content (AvgIpc) is 2.49. The highest BCUT2D eigenvalue weighted by Crippen LogP contribution is 2.10. The van der Waals surface area contributed by atoms with E-state index in [1.165, 1.54) is 12.0 Å². The van der Waals surface area contributed by atoms with Crippen LogP contribution in [0.2, 0.25) is 0 Å². The van der Waals surface area contributed by atoms with Gasteiger partial charge in [-0.25, -0.2) is 0 Å². The molecule has 0 spiro atoms. The molecule has 1 aromatic rings. The fourth-order valence-electron chi connectivity index (χ4n) is 1.59. The summed E-state index contributed by atoms with van der Waals surface area (Å²) in [5.41, 5.74) is 6.47. The van der Waals surface area contributed by atoms with Gasteiger partial charge in [-0.1, -0.05) is 24.0 Å². The number of carbonyl (C=O) groups excluding carboxylic acids is 2. The SMILES string of the molecule is COC(=O)CCN(C)C(=O)c1ccccc1C#CCN. The largest absolute Gasteiger partial charge is 0.469 e. The first-order chi connectivity index (χ1) is 9.60. The lowest BCUT2D eigenvalue weighted by molar-refractivity contribution is -0.140. The second-order valence-electron chi connectivity index (χ2n) is 4.10. The van der Waals surface area contributed by atoms with Gasteiger partial charge in [0, 0.05) is 19.2 Å². The number of nitrogens with zero attached hydrogens (tertiary/aromatic N) is 1. The molecule has 0 bridgehead atoms. The lowest BCUT2D eigenvalue weighted by Gasteiger charge is -2.17. The van der Waals surface area contributed by atoms with Gasteiger partial charge < -0.3 is 15.4 Å². The monoisotopic (exact) mass is 274 g/mol. The molecule has 5 heteroatoms. The Morgan fingerprint density at radius 3 is 2.70 bits per heavy atom. The molecule has 1 rings (SSSR count). The van der Waals surface area contributed by atoms with E-state index in [9.17, 15) is 9.59 Å². The second kappa shape index (κ2) is 7.97. The van der Waals surface area contributed by atoms with Crippen LogP contribution in [0.3, 0.4) is 0 Å². The first kappa shape index (κ1) is 15.7. The van der Waals surface area contributed by atoms with Crippen molar-refractivity contribution in [1.29, 1.82) is 0 Å². The molecule has 1 aromatic carbocycles. The Balaban J connectivity index is 2.83. The molecule has 0 atom stereocenters. The van der Waals surface area contributed by atoms with Crippen molar-refractivity contribution in [3.8, 4) is 11.8 Å². The van der Waals surface area contributed by atoms with Crippen molar-refractivity contribution in [3.05, 3.63) is 35.4 Å². The maximum atomic E-state index is 12.3. The van der Waals surface area contributed by atoms with E-state index in [0.29, 0.717) is 17.7 Å². The van der Waals surface area contributed by atoms with Crippen LogP contribution in [-0.4, -0.2) is 44.0 Å². The highest BCUT2D eigenvalue weighted by Gasteiger charge is 2.15. The summed E-state index contributed by atoms with van der Waals surface area (Å²) in [6, 6.07) is 7.06. The average molecular weight is 274 g/mol. The molecule has 0 saturated heterocycles. The summed E-state index contributed by atoms with van der Waals surface area (Å²) in [5.74, 6) is 5.07. The first-order valence-electron chi connectivity index (χ1n) is 6.20. The van der Waals surface area contributed by atoms with Gasteiger partial charge in [-0.05, 0) is 12.1 Å². The Hall–Kier alpha value is -2.32. The predicted molar refractivity (Wildman–Crippen MR) is 76.0 cm³/mol. The molecule has 0 heterocycles. The maximum absolute atomic E-state index is 12.3. The number of ether oxygens (including phenoxy) is 1. The predicted octanol–water partition coefficient (Wildman–Crippen LogP) is 0.632. The molecular formula is C15H18N2O3. The van der Waals surface area contributed by atoms with Crippen LogP contribution >= 0.6 is 0 Å². The molecule has 0 radical (unpaired) electrons. The van der Waals surface area contributed by atoms with Gasteiger partial charge in [0.2, 0.25) is 0 Å². The van der Waals surface area contributed by atoms with E-state index < -0.39 is 0 Å². The van der Waals surface area contributed by atoms with Crippen LogP contribution in [0.25, 0.3) is 0 Å². The van der Waals surface area contributed by atoms with Gasteiger partial charge in [0.25, 0.3) is 5.91 Å². The van der Waals surface area contributed by atoms with E-state index in [2.05, 4.69) is 16.6 Å². The molecule has 0 aliphatic carbocycles. The van der Waals surface area contributed by atoms with Gasteiger partial charge in [0.05, 0.1) is 25.6 Å². The fourth-order valence-corrected chi connectivity index (χ4v) is 1.59. The Morgan fingerprint density at radius 1 is 1.35 bits per heavy atom. The number of esters is 1. The molecular weight excluding hydrogens is 256 g/mol. The molecule has 106 valence electrons. The number of amides is 1. The van der Waals surface area contributed by atoms with Gasteiger partial charge in [-0.15, -0.1) is 0 Å². The minimum atomic E-state index is -0.346. The third-order valence-electron chi connectivity index (χ3n) is 2.71. The van der Waals surface area contributed by atoms with Crippen LogP contribution < -0.4 is 5.73 Å². The zero-order valence-electron chi connectivity index (χ0n) is 11.7. The first-order valence-corrected chi connectivity index (χ1v) is 6.20. The van der Waals surface area contributed by atoms with Gasteiger partial charge in [0.15, 0.2) is 0 Å². The number of hydrogen-bond donors (Lipinski definition) is 1. The van der Waals surface area contributed by atoms with E-state index in [0.717, 1.165) is 0 Å². The quantitative estimate of drug-likeness (QED) is 0.645. The second-order valence-corrected chi connectivity index (χ2v) is 4.10. The van der Waals surface area contributed by atoms with Crippen molar-refractivity contribution >= 4 is 11.9 Å². The molecule has 0 aromatic heterocycles. The van der Waals surface area contributed by atoms with Crippen LogP contribution in [0, 0.1) is 11.8 Å². The maximum Gasteiger partial charge on any atom is 0.307 e. The minimum absolute atomic E-state index is 0.162. The highest BCUT2D eigenvalue weighted by atomic mass is 16.5. The smallest absolute Gasteiger partial charge is 0.307 e. The minimum Gasteiger partial charge on any atom is -0.469 e. The zero-order valence-corrected chi connectivity index (χ0v) is 11.7. The normalized spacial score (nSPS) is 9.35. The van der Waals surface area contributed by atoms with Crippen LogP contribution in [-0.2, 0) is 9.53 Å². The van der Waals surface area contributed by atoms with Crippen molar-refractivity contribution in [3.63, 3.8) is 0 Å². The summed E-state index contributed by atoms with van der Waals surface area (Å²) in [7, 11) is 2.96. The molecule has 20 heavy (non-hydrogen) atoms. The summed E-state index contributed by atoms with van der Waals surface area (Å²) >= 11 is 0. The highest BCUT2D eigenvalue weighted by molar-refractivity contribution is 5.96. The van der Waals surface area contributed by atoms with Crippen molar-refractivity contribution in [2.24, 2.45) is 5.73 Å². The van der Waals surface area contributed by atoms with E-state index in [-0.39, 0.29) is 24.8 Å². The zero-order chi connectivity index (χ0) is 15.0. The van der Waals surface area contributed by atoms with Crippen LogP contribution in [0.15, 0.2) is 24.3 Å². The lowest BCUT2D eigenvalue weighted by Crippen LogP contribution is -2.29. The number of carbonyl (C=O) groups is 2. The Kier molecular flexibility index (Phi) is 6.27. The van der Waals surface area contributed by atoms with E-state index in [1.807, 2.05) is 6.07 Å². The van der Waals surface area contributed by atoms with E-state index in [4.69, 9.17) is 5.73 Å². The van der Waals surface area contributed by atoms with Gasteiger partial charge in [-0.2, -0.15) is 0 Å². The van der Waals surface area contributed by atoms with Crippen molar-refractivity contribution in [1.82, 2.24) is 4.90 Å². The summed E-state index contributed by atoms with van der Waals surface area (Å²) in [5, 5.41) is 0. The Morgan fingerprint density at radius 2 is 2.05 bits per heavy atom. The molecule has 1 amide bonds. The van der Waals surface area contributed by atoms with Crippen molar-refractivity contribution in [2.75, 3.05) is 27.2 Å². The molecule has 0 unspecified atom stereocenters. The number of methoxy groups -OCH3 is 1. The standard InChI is InChI=1S/C15H18N2O3/c1-17(11-9-14(18)20-2)15(19)13-8-4-3-6-12(13)7-5-10-16/h3-4,6,8H,9-11,16H2,1-2H3. The van der Waals surface area contributed by atoms with Crippen LogP contribution in [0.1, 0.15) is 22.3 Å². The van der Waals surface area contributed by atoms with Gasteiger partial charge >= 0.3 is 5.97 Å². The molecule has 0 saturated carbocycles. The number of nitrogens with two attached hydrogens (primary N) is 1. The number of hydrogen-bond acceptors (Lipinski definition) is 4. The lowest BCUT2D eigenvalue weighted by atomic mass is 10.1. The summed E-state index contributed by atoms with van der Waals surface area (Å²) in [6.07, 6.45) is 0.162. The molecule has 5 nitrogen and oxygen atoms in total. The van der Waals surface area contributed by atoms with E-state index in [1.54, 1.807) is 25.2 Å². The number of benzene rings is 1. The Bertz CT molecular complexity index is 544. The molecule has 2 N–H and O–H groups in total. The summed E-state index contributed by atoms with van der Waals surface area (Å²) in [6.45, 7) is 0.533. The molecule has 0 aliphatic heterocycles. The van der Waals surface area contributed by atoms with Crippen molar-refractivity contribution in [2.45, 2.75) is 6.42 Å². The summed E-state index contributed by atoms with van der Waals surface area (Å²) in [4.78, 5) is 24.9. The van der Waals surface area contributed by atoms with Crippen LogP contribution in [0.5, 0.6) is 0 Å². The van der Waals surface area contributed by atoms with E-state index >= 15 is 0 Å². The third-order valence-corrected chi connectivity index (χ3v) is 2.71. The third kappa shape index (κ3) is 4.41. The van der Waals surface area contributed by atoms with Gasteiger partial charge in [0.1, 0.15) is 0 Å².